The Hall–Kier alpha value is -0.990. The second-order valence-electron chi connectivity index (χ2n) is 4.92. The summed E-state index contributed by atoms with van der Waals surface area (Å²) >= 11 is 5.41. The summed E-state index contributed by atoms with van der Waals surface area (Å²) in [4.78, 5) is 0. The topological polar surface area (TPSA) is 21.3 Å². The third kappa shape index (κ3) is 6.35. The molecule has 94 valence electrons. The van der Waals surface area contributed by atoms with Gasteiger partial charge in [0.25, 0.3) is 0 Å². The van der Waals surface area contributed by atoms with E-state index in [0.29, 0.717) is 6.61 Å². The van der Waals surface area contributed by atoms with Gasteiger partial charge in [0.05, 0.1) is 0 Å². The predicted octanol–water partition coefficient (Wildman–Crippen LogP) is 3.71. The first-order chi connectivity index (χ1) is 8.01. The van der Waals surface area contributed by atoms with Gasteiger partial charge >= 0.3 is 0 Å². The average molecular weight is 254 g/mol. The molecule has 1 N–H and O–H groups in total. The maximum absolute atomic E-state index is 5.46. The summed E-state index contributed by atoms with van der Waals surface area (Å²) in [5, 5.41) is 3.44. The Morgan fingerprint density at radius 1 is 1.24 bits per heavy atom. The highest BCUT2D eigenvalue weighted by molar-refractivity contribution is 6.25. The molecule has 0 aliphatic carbocycles. The Morgan fingerprint density at radius 2 is 1.88 bits per heavy atom. The lowest BCUT2D eigenvalue weighted by Crippen LogP contribution is -2.34. The lowest BCUT2D eigenvalue weighted by Gasteiger charge is -2.20. The summed E-state index contributed by atoms with van der Waals surface area (Å²) in [6, 6.07) is 8.08. The Labute approximate surface area is 109 Å². The van der Waals surface area contributed by atoms with E-state index < -0.39 is 0 Å². The lowest BCUT2D eigenvalue weighted by atomic mass is 10.1. The van der Waals surface area contributed by atoms with E-state index in [9.17, 15) is 0 Å². The van der Waals surface area contributed by atoms with Crippen LogP contribution in [0.2, 0.25) is 0 Å². The van der Waals surface area contributed by atoms with Crippen molar-refractivity contribution in [3.05, 3.63) is 41.4 Å². The number of hydrogen-bond acceptors (Lipinski definition) is 2. The first kappa shape index (κ1) is 14.1. The summed E-state index contributed by atoms with van der Waals surface area (Å²) < 4.78 is 5.46. The zero-order valence-corrected chi connectivity index (χ0v) is 11.4. The van der Waals surface area contributed by atoms with Crippen LogP contribution in [0.15, 0.2) is 35.9 Å². The molecule has 0 aliphatic heterocycles. The minimum absolute atomic E-state index is 0.139. The summed E-state index contributed by atoms with van der Waals surface area (Å²) in [7, 11) is 0. The standard InChI is InChI=1S/C14H20ClNO/c1-14(2,3)16-11-12-5-7-13(8-6-12)17-10-4-9-15/h4-9,16H,10-11H2,1-3H3. The van der Waals surface area contributed by atoms with Gasteiger partial charge in [-0.1, -0.05) is 23.7 Å². The molecule has 0 fully saturated rings. The van der Waals surface area contributed by atoms with Gasteiger partial charge in [-0.3, -0.25) is 0 Å². The highest BCUT2D eigenvalue weighted by Gasteiger charge is 2.07. The van der Waals surface area contributed by atoms with Crippen molar-refractivity contribution < 1.29 is 4.74 Å². The Morgan fingerprint density at radius 3 is 2.41 bits per heavy atom. The Bertz CT molecular complexity index is 351. The highest BCUT2D eigenvalue weighted by Crippen LogP contribution is 2.13. The lowest BCUT2D eigenvalue weighted by molar-refractivity contribution is 0.363. The van der Waals surface area contributed by atoms with E-state index >= 15 is 0 Å². The minimum atomic E-state index is 0.139. The number of rotatable bonds is 5. The largest absolute Gasteiger partial charge is 0.490 e. The molecular formula is C14H20ClNO. The molecule has 0 amide bonds. The van der Waals surface area contributed by atoms with Crippen LogP contribution in [0.5, 0.6) is 5.75 Å². The van der Waals surface area contributed by atoms with Crippen molar-refractivity contribution in [2.45, 2.75) is 32.9 Å². The van der Waals surface area contributed by atoms with Crippen molar-refractivity contribution in [2.75, 3.05) is 6.61 Å². The number of nitrogens with one attached hydrogen (secondary N) is 1. The van der Waals surface area contributed by atoms with E-state index in [-0.39, 0.29) is 5.54 Å². The minimum Gasteiger partial charge on any atom is -0.490 e. The molecule has 0 spiro atoms. The number of hydrogen-bond donors (Lipinski definition) is 1. The molecule has 3 heteroatoms. The first-order valence-corrected chi connectivity index (χ1v) is 6.17. The summed E-state index contributed by atoms with van der Waals surface area (Å²) in [6.07, 6.45) is 1.76. The van der Waals surface area contributed by atoms with Crippen LogP contribution in [0.3, 0.4) is 0 Å². The molecule has 0 aromatic heterocycles. The van der Waals surface area contributed by atoms with Crippen LogP contribution in [-0.4, -0.2) is 12.1 Å². The number of halogens is 1. The van der Waals surface area contributed by atoms with Crippen molar-refractivity contribution in [1.82, 2.24) is 5.32 Å². The fraction of sp³-hybridized carbons (Fsp3) is 0.429. The zero-order valence-electron chi connectivity index (χ0n) is 10.7. The van der Waals surface area contributed by atoms with Crippen molar-refractivity contribution in [1.29, 1.82) is 0 Å². The van der Waals surface area contributed by atoms with E-state index in [0.717, 1.165) is 12.3 Å². The van der Waals surface area contributed by atoms with Gasteiger partial charge in [-0.05, 0) is 44.5 Å². The van der Waals surface area contributed by atoms with Gasteiger partial charge in [-0.2, -0.15) is 0 Å². The SMILES string of the molecule is CC(C)(C)NCc1ccc(OCC=CCl)cc1. The van der Waals surface area contributed by atoms with E-state index in [1.54, 1.807) is 6.08 Å². The Kier molecular flexibility index (Phi) is 5.52. The van der Waals surface area contributed by atoms with Crippen LogP contribution in [0.1, 0.15) is 26.3 Å². The van der Waals surface area contributed by atoms with Crippen LogP contribution >= 0.6 is 11.6 Å². The van der Waals surface area contributed by atoms with Gasteiger partial charge in [0.1, 0.15) is 12.4 Å². The normalized spacial score (nSPS) is 12.0. The molecule has 0 bridgehead atoms. The van der Waals surface area contributed by atoms with Gasteiger partial charge in [-0.25, -0.2) is 0 Å². The molecule has 0 atom stereocenters. The zero-order chi connectivity index (χ0) is 12.7. The van der Waals surface area contributed by atoms with Crippen LogP contribution in [-0.2, 0) is 6.54 Å². The second-order valence-corrected chi connectivity index (χ2v) is 5.17. The summed E-state index contributed by atoms with van der Waals surface area (Å²) in [5.74, 6) is 0.860. The van der Waals surface area contributed by atoms with Crippen LogP contribution in [0.25, 0.3) is 0 Å². The van der Waals surface area contributed by atoms with Gasteiger partial charge < -0.3 is 10.1 Å². The fourth-order valence-corrected chi connectivity index (χ4v) is 1.32. The van der Waals surface area contributed by atoms with Crippen molar-refractivity contribution >= 4 is 11.6 Å². The molecule has 0 radical (unpaired) electrons. The molecule has 1 aromatic carbocycles. The molecule has 2 nitrogen and oxygen atoms in total. The quantitative estimate of drug-likeness (QED) is 0.864. The van der Waals surface area contributed by atoms with Crippen molar-refractivity contribution in [3.8, 4) is 5.75 Å². The van der Waals surface area contributed by atoms with Gasteiger partial charge in [0.15, 0.2) is 0 Å². The number of benzene rings is 1. The molecule has 0 saturated carbocycles. The number of ether oxygens (including phenoxy) is 1. The third-order valence-corrected chi connectivity index (χ3v) is 2.36. The van der Waals surface area contributed by atoms with Crippen LogP contribution < -0.4 is 10.1 Å². The summed E-state index contributed by atoms with van der Waals surface area (Å²) in [6.45, 7) is 7.84. The average Bonchev–Trinajstić information content (AvgIpc) is 2.27. The van der Waals surface area contributed by atoms with Crippen LogP contribution in [0.4, 0.5) is 0 Å². The molecule has 0 saturated heterocycles. The van der Waals surface area contributed by atoms with E-state index in [2.05, 4.69) is 38.2 Å². The van der Waals surface area contributed by atoms with E-state index in [1.807, 2.05) is 12.1 Å². The third-order valence-electron chi connectivity index (χ3n) is 2.18. The van der Waals surface area contributed by atoms with Crippen molar-refractivity contribution in [3.63, 3.8) is 0 Å². The summed E-state index contributed by atoms with van der Waals surface area (Å²) in [5.41, 5.74) is 2.85. The monoisotopic (exact) mass is 253 g/mol. The maximum Gasteiger partial charge on any atom is 0.119 e. The van der Waals surface area contributed by atoms with Gasteiger partial charge in [0.2, 0.25) is 0 Å². The predicted molar refractivity (Wildman–Crippen MR) is 73.5 cm³/mol. The first-order valence-electron chi connectivity index (χ1n) is 5.73. The molecule has 17 heavy (non-hydrogen) atoms. The van der Waals surface area contributed by atoms with Gasteiger partial charge in [-0.15, -0.1) is 0 Å². The molecule has 1 aromatic rings. The molecule has 0 unspecified atom stereocenters. The van der Waals surface area contributed by atoms with Crippen LogP contribution in [0, 0.1) is 0 Å². The van der Waals surface area contributed by atoms with Gasteiger partial charge in [0, 0.05) is 17.6 Å². The molecule has 0 aliphatic rings. The van der Waals surface area contributed by atoms with Crippen molar-refractivity contribution in [2.24, 2.45) is 0 Å². The molecular weight excluding hydrogens is 234 g/mol. The molecule has 1 rings (SSSR count). The smallest absolute Gasteiger partial charge is 0.119 e. The Balaban J connectivity index is 2.44. The van der Waals surface area contributed by atoms with E-state index in [1.165, 1.54) is 11.1 Å². The fourth-order valence-electron chi connectivity index (χ4n) is 1.25. The van der Waals surface area contributed by atoms with E-state index in [4.69, 9.17) is 16.3 Å². The second kappa shape index (κ2) is 6.67. The maximum atomic E-state index is 5.46. The molecule has 0 heterocycles. The highest BCUT2D eigenvalue weighted by atomic mass is 35.5.